The third-order valence-corrected chi connectivity index (χ3v) is 5.69. The molecular weight excluding hydrogens is 378 g/mol. The molecule has 1 aliphatic heterocycles. The number of benzene rings is 2. The van der Waals surface area contributed by atoms with Gasteiger partial charge in [-0.15, -0.1) is 11.3 Å². The van der Waals surface area contributed by atoms with Crippen LogP contribution < -0.4 is 5.32 Å². The third-order valence-electron chi connectivity index (χ3n) is 4.66. The first-order valence-corrected chi connectivity index (χ1v) is 9.77. The summed E-state index contributed by atoms with van der Waals surface area (Å²) in [5.41, 5.74) is 1.41. The second-order valence-electron chi connectivity index (χ2n) is 6.58. The van der Waals surface area contributed by atoms with Gasteiger partial charge in [0.15, 0.2) is 0 Å². The number of para-hydroxylation sites is 1. The zero-order valence-electron chi connectivity index (χ0n) is 15.1. The minimum atomic E-state index is -0.476. The molecule has 0 spiro atoms. The molecule has 3 aromatic rings. The molecule has 2 heterocycles. The Hall–Kier alpha value is -3.04. The number of nitro groups is 1. The summed E-state index contributed by atoms with van der Waals surface area (Å²) in [6, 6.07) is 13.8. The Bertz CT molecular complexity index is 980. The zero-order valence-corrected chi connectivity index (χ0v) is 15.9. The summed E-state index contributed by atoms with van der Waals surface area (Å²) in [5.74, 6) is 0. The molecule has 28 heavy (non-hydrogen) atoms. The van der Waals surface area contributed by atoms with Gasteiger partial charge in [0.25, 0.3) is 5.69 Å². The summed E-state index contributed by atoms with van der Waals surface area (Å²) >= 11 is 1.70. The van der Waals surface area contributed by atoms with Crippen LogP contribution in [0, 0.1) is 10.1 Å². The number of rotatable bonds is 4. The van der Waals surface area contributed by atoms with Gasteiger partial charge < -0.3 is 10.2 Å². The minimum absolute atomic E-state index is 0.0431. The lowest BCUT2D eigenvalue weighted by Gasteiger charge is -2.34. The number of nitrogens with one attached hydrogen (secondary N) is 1. The number of nitro benzene ring substituents is 1. The fraction of sp³-hybridized carbons (Fsp3) is 0.263. The summed E-state index contributed by atoms with van der Waals surface area (Å²) in [7, 11) is 0. The maximum absolute atomic E-state index is 12.4. The van der Waals surface area contributed by atoms with Gasteiger partial charge in [0.05, 0.1) is 21.7 Å². The molecule has 144 valence electrons. The molecule has 0 radical (unpaired) electrons. The molecule has 0 unspecified atom stereocenters. The van der Waals surface area contributed by atoms with Crippen molar-refractivity contribution in [1.82, 2.24) is 14.8 Å². The number of thiazole rings is 1. The lowest BCUT2D eigenvalue weighted by Crippen LogP contribution is -2.49. The second-order valence-corrected chi connectivity index (χ2v) is 7.69. The van der Waals surface area contributed by atoms with E-state index in [0.29, 0.717) is 18.8 Å². The highest BCUT2D eigenvalue weighted by Crippen LogP contribution is 2.23. The number of nitrogens with zero attached hydrogens (tertiary/aromatic N) is 4. The predicted octanol–water partition coefficient (Wildman–Crippen LogP) is 3.55. The van der Waals surface area contributed by atoms with Crippen LogP contribution in [0.3, 0.4) is 0 Å². The van der Waals surface area contributed by atoms with Crippen molar-refractivity contribution >= 4 is 39.0 Å². The number of hydrogen-bond acceptors (Lipinski definition) is 6. The second kappa shape index (κ2) is 7.91. The quantitative estimate of drug-likeness (QED) is 0.537. The summed E-state index contributed by atoms with van der Waals surface area (Å²) in [5, 5.41) is 14.7. The number of anilines is 1. The average Bonchev–Trinajstić information content (AvgIpc) is 3.11. The zero-order chi connectivity index (χ0) is 19.5. The van der Waals surface area contributed by atoms with Crippen LogP contribution in [-0.2, 0) is 6.54 Å². The van der Waals surface area contributed by atoms with E-state index in [1.54, 1.807) is 28.4 Å². The molecule has 9 heteroatoms. The van der Waals surface area contributed by atoms with E-state index in [4.69, 9.17) is 0 Å². The fourth-order valence-electron chi connectivity index (χ4n) is 3.19. The Morgan fingerprint density at radius 3 is 2.68 bits per heavy atom. The molecular formula is C19H19N5O3S. The smallest absolute Gasteiger partial charge is 0.321 e. The van der Waals surface area contributed by atoms with Crippen molar-refractivity contribution in [1.29, 1.82) is 0 Å². The molecule has 0 atom stereocenters. The number of non-ortho nitro benzene ring substituents is 1. The van der Waals surface area contributed by atoms with Crippen LogP contribution in [0.1, 0.15) is 5.01 Å². The van der Waals surface area contributed by atoms with Crippen molar-refractivity contribution in [2.24, 2.45) is 0 Å². The van der Waals surface area contributed by atoms with Gasteiger partial charge in [-0.05, 0) is 18.2 Å². The number of aromatic nitrogens is 1. The molecule has 1 N–H and O–H groups in total. The summed E-state index contributed by atoms with van der Waals surface area (Å²) in [4.78, 5) is 31.5. The summed E-state index contributed by atoms with van der Waals surface area (Å²) in [6.07, 6.45) is 0. The van der Waals surface area contributed by atoms with E-state index in [1.807, 2.05) is 18.2 Å². The van der Waals surface area contributed by atoms with Gasteiger partial charge in [0.2, 0.25) is 0 Å². The van der Waals surface area contributed by atoms with E-state index >= 15 is 0 Å². The first kappa shape index (κ1) is 18.3. The van der Waals surface area contributed by atoms with Crippen LogP contribution in [0.15, 0.2) is 48.5 Å². The first-order valence-electron chi connectivity index (χ1n) is 8.96. The lowest BCUT2D eigenvalue weighted by atomic mass is 10.3. The van der Waals surface area contributed by atoms with Crippen LogP contribution in [0.4, 0.5) is 16.2 Å². The number of carbonyl (C=O) groups is 1. The van der Waals surface area contributed by atoms with Crippen molar-refractivity contribution in [3.63, 3.8) is 0 Å². The van der Waals surface area contributed by atoms with Crippen LogP contribution in [-0.4, -0.2) is 51.9 Å². The highest BCUT2D eigenvalue weighted by Gasteiger charge is 2.22. The van der Waals surface area contributed by atoms with E-state index < -0.39 is 4.92 Å². The van der Waals surface area contributed by atoms with E-state index in [9.17, 15) is 14.9 Å². The van der Waals surface area contributed by atoms with E-state index in [-0.39, 0.29) is 11.7 Å². The summed E-state index contributed by atoms with van der Waals surface area (Å²) < 4.78 is 1.19. The van der Waals surface area contributed by atoms with Gasteiger partial charge in [-0.25, -0.2) is 9.78 Å². The molecule has 0 saturated carbocycles. The molecule has 1 aromatic heterocycles. The van der Waals surface area contributed by atoms with Crippen LogP contribution in [0.2, 0.25) is 0 Å². The third kappa shape index (κ3) is 4.10. The number of hydrogen-bond donors (Lipinski definition) is 1. The van der Waals surface area contributed by atoms with Crippen molar-refractivity contribution in [3.05, 3.63) is 63.7 Å². The SMILES string of the molecule is O=C(Nc1cccc([N+](=O)[O-])c1)N1CCN(Cc2nc3ccccc3s2)CC1. The molecule has 1 fully saturated rings. The highest BCUT2D eigenvalue weighted by molar-refractivity contribution is 7.18. The van der Waals surface area contributed by atoms with Crippen molar-refractivity contribution in [3.8, 4) is 0 Å². The molecule has 4 rings (SSSR count). The predicted molar refractivity (Wildman–Crippen MR) is 109 cm³/mol. The van der Waals surface area contributed by atoms with Gasteiger partial charge >= 0.3 is 6.03 Å². The minimum Gasteiger partial charge on any atom is -0.322 e. The number of carbonyl (C=O) groups excluding carboxylic acids is 1. The van der Waals surface area contributed by atoms with E-state index in [0.717, 1.165) is 30.2 Å². The average molecular weight is 397 g/mol. The van der Waals surface area contributed by atoms with Gasteiger partial charge in [-0.1, -0.05) is 18.2 Å². The molecule has 1 aliphatic rings. The molecule has 0 aliphatic carbocycles. The van der Waals surface area contributed by atoms with Gasteiger partial charge in [0, 0.05) is 44.0 Å². The highest BCUT2D eigenvalue weighted by atomic mass is 32.1. The van der Waals surface area contributed by atoms with Crippen LogP contribution in [0.25, 0.3) is 10.2 Å². The standard InChI is InChI=1S/C19H19N5O3S/c25-19(20-14-4-3-5-15(12-14)24(26)27)23-10-8-22(9-11-23)13-18-21-16-6-1-2-7-17(16)28-18/h1-7,12H,8-11,13H2,(H,20,25). The van der Waals surface area contributed by atoms with Crippen LogP contribution >= 0.6 is 11.3 Å². The molecule has 2 aromatic carbocycles. The largest absolute Gasteiger partial charge is 0.322 e. The van der Waals surface area contributed by atoms with Crippen molar-refractivity contribution in [2.45, 2.75) is 6.54 Å². The Labute approximate surface area is 165 Å². The number of urea groups is 1. The topological polar surface area (TPSA) is 91.6 Å². The normalized spacial score (nSPS) is 14.9. The van der Waals surface area contributed by atoms with Gasteiger partial charge in [-0.2, -0.15) is 0 Å². The number of amides is 2. The molecule has 2 amide bonds. The Morgan fingerprint density at radius 2 is 1.93 bits per heavy atom. The Kier molecular flexibility index (Phi) is 5.18. The van der Waals surface area contributed by atoms with Crippen molar-refractivity contribution < 1.29 is 9.72 Å². The maximum Gasteiger partial charge on any atom is 0.321 e. The molecule has 8 nitrogen and oxygen atoms in total. The van der Waals surface area contributed by atoms with Crippen LogP contribution in [0.5, 0.6) is 0 Å². The number of piperazine rings is 1. The molecule has 1 saturated heterocycles. The fourth-order valence-corrected chi connectivity index (χ4v) is 4.20. The van der Waals surface area contributed by atoms with Gasteiger partial charge in [0.1, 0.15) is 5.01 Å². The number of fused-ring (bicyclic) bond motifs is 1. The van der Waals surface area contributed by atoms with E-state index in [2.05, 4.69) is 21.3 Å². The first-order chi connectivity index (χ1) is 13.6. The monoisotopic (exact) mass is 397 g/mol. The Balaban J connectivity index is 1.31. The maximum atomic E-state index is 12.4. The van der Waals surface area contributed by atoms with E-state index in [1.165, 1.54) is 16.8 Å². The molecule has 0 bridgehead atoms. The Morgan fingerprint density at radius 1 is 1.14 bits per heavy atom. The van der Waals surface area contributed by atoms with Gasteiger partial charge in [-0.3, -0.25) is 15.0 Å². The van der Waals surface area contributed by atoms with Crippen molar-refractivity contribution in [2.75, 3.05) is 31.5 Å². The lowest BCUT2D eigenvalue weighted by molar-refractivity contribution is -0.384. The summed E-state index contributed by atoms with van der Waals surface area (Å²) in [6.45, 7) is 3.51.